The number of carboxylic acids is 1. The number of benzene rings is 2. The monoisotopic (exact) mass is 444 g/mol. The minimum Gasteiger partial charge on any atom is -0.480 e. The van der Waals surface area contributed by atoms with Gasteiger partial charge in [0.1, 0.15) is 12.3 Å². The number of nitrogens with zero attached hydrogens (tertiary/aromatic N) is 2. The molecule has 5 nitrogen and oxygen atoms in total. The van der Waals surface area contributed by atoms with Crippen LogP contribution in [0.2, 0.25) is 0 Å². The SMILES string of the molecule is Cc1ccc(-c2nn(CC3CCC(COCC(=O)O)CC3)c3c2-c2ccccc2CC3)cc1. The van der Waals surface area contributed by atoms with Crippen molar-refractivity contribution in [3.8, 4) is 22.4 Å². The quantitative estimate of drug-likeness (QED) is 0.520. The average molecular weight is 445 g/mol. The van der Waals surface area contributed by atoms with Crippen molar-refractivity contribution in [2.24, 2.45) is 11.8 Å². The maximum Gasteiger partial charge on any atom is 0.329 e. The largest absolute Gasteiger partial charge is 0.480 e. The molecule has 33 heavy (non-hydrogen) atoms. The number of aromatic nitrogens is 2. The summed E-state index contributed by atoms with van der Waals surface area (Å²) in [6.07, 6.45) is 6.58. The number of carboxylic acid groups (broad SMARTS) is 1. The molecule has 3 aromatic rings. The molecule has 1 fully saturated rings. The Balaban J connectivity index is 1.37. The summed E-state index contributed by atoms with van der Waals surface area (Å²) in [4.78, 5) is 10.7. The van der Waals surface area contributed by atoms with Gasteiger partial charge in [-0.25, -0.2) is 4.79 Å². The summed E-state index contributed by atoms with van der Waals surface area (Å²) in [6.45, 7) is 3.45. The van der Waals surface area contributed by atoms with E-state index in [2.05, 4.69) is 60.1 Å². The molecule has 1 N–H and O–H groups in total. The molecule has 1 aromatic heterocycles. The third kappa shape index (κ3) is 4.74. The molecule has 0 saturated heterocycles. The number of aliphatic carboxylic acids is 1. The van der Waals surface area contributed by atoms with Gasteiger partial charge in [0.2, 0.25) is 0 Å². The van der Waals surface area contributed by atoms with E-state index in [9.17, 15) is 4.79 Å². The van der Waals surface area contributed by atoms with Crippen LogP contribution < -0.4 is 0 Å². The number of aryl methyl sites for hydroxylation is 2. The first-order chi connectivity index (χ1) is 16.1. The lowest BCUT2D eigenvalue weighted by Gasteiger charge is -2.29. The van der Waals surface area contributed by atoms with Crippen LogP contribution in [-0.4, -0.2) is 34.1 Å². The molecule has 2 aliphatic rings. The predicted molar refractivity (Wildman–Crippen MR) is 129 cm³/mol. The van der Waals surface area contributed by atoms with Crippen LogP contribution in [0.1, 0.15) is 42.5 Å². The van der Waals surface area contributed by atoms with E-state index in [4.69, 9.17) is 14.9 Å². The number of hydrogen-bond acceptors (Lipinski definition) is 3. The van der Waals surface area contributed by atoms with Gasteiger partial charge in [-0.3, -0.25) is 4.68 Å². The van der Waals surface area contributed by atoms with Gasteiger partial charge in [-0.1, -0.05) is 54.1 Å². The second-order valence-corrected chi connectivity index (χ2v) is 9.67. The zero-order chi connectivity index (χ0) is 22.8. The Labute approximate surface area is 195 Å². The molecular formula is C28H32N2O3. The molecule has 0 amide bonds. The summed E-state index contributed by atoms with van der Waals surface area (Å²) in [5, 5.41) is 14.0. The molecule has 2 aromatic carbocycles. The van der Waals surface area contributed by atoms with Gasteiger partial charge in [-0.2, -0.15) is 5.10 Å². The van der Waals surface area contributed by atoms with E-state index in [0.717, 1.165) is 50.8 Å². The zero-order valence-electron chi connectivity index (χ0n) is 19.3. The summed E-state index contributed by atoms with van der Waals surface area (Å²) in [7, 11) is 0. The molecule has 1 saturated carbocycles. The minimum absolute atomic E-state index is 0.192. The molecule has 0 aliphatic heterocycles. The minimum atomic E-state index is -0.891. The molecule has 5 heteroatoms. The van der Waals surface area contributed by atoms with Gasteiger partial charge in [-0.05, 0) is 68.4 Å². The Morgan fingerprint density at radius 2 is 1.76 bits per heavy atom. The first-order valence-electron chi connectivity index (χ1n) is 12.1. The van der Waals surface area contributed by atoms with Crippen molar-refractivity contribution in [1.82, 2.24) is 9.78 Å². The number of rotatable bonds is 7. The van der Waals surface area contributed by atoms with Gasteiger partial charge in [0.15, 0.2) is 0 Å². The molecule has 0 bridgehead atoms. The number of fused-ring (bicyclic) bond motifs is 3. The Hall–Kier alpha value is -2.92. The summed E-state index contributed by atoms with van der Waals surface area (Å²) >= 11 is 0. The van der Waals surface area contributed by atoms with Crippen LogP contribution in [0.3, 0.4) is 0 Å². The topological polar surface area (TPSA) is 64.4 Å². The maximum atomic E-state index is 10.7. The molecule has 172 valence electrons. The second-order valence-electron chi connectivity index (χ2n) is 9.67. The van der Waals surface area contributed by atoms with Crippen LogP contribution in [0.25, 0.3) is 22.4 Å². The molecule has 2 aliphatic carbocycles. The number of hydrogen-bond donors (Lipinski definition) is 1. The highest BCUT2D eigenvalue weighted by Gasteiger charge is 2.28. The molecule has 0 unspecified atom stereocenters. The van der Waals surface area contributed by atoms with E-state index in [1.165, 1.54) is 33.5 Å². The van der Waals surface area contributed by atoms with Crippen LogP contribution in [0.5, 0.6) is 0 Å². The van der Waals surface area contributed by atoms with Crippen molar-refractivity contribution in [3.63, 3.8) is 0 Å². The van der Waals surface area contributed by atoms with Gasteiger partial charge in [0, 0.05) is 23.4 Å². The Morgan fingerprint density at radius 1 is 1.03 bits per heavy atom. The Morgan fingerprint density at radius 3 is 2.52 bits per heavy atom. The summed E-state index contributed by atoms with van der Waals surface area (Å²) in [5.41, 5.74) is 8.99. The smallest absolute Gasteiger partial charge is 0.329 e. The van der Waals surface area contributed by atoms with E-state index in [1.807, 2.05) is 0 Å². The normalized spacial score (nSPS) is 19.7. The van der Waals surface area contributed by atoms with Crippen LogP contribution in [0.15, 0.2) is 48.5 Å². The van der Waals surface area contributed by atoms with E-state index in [-0.39, 0.29) is 6.61 Å². The molecular weight excluding hydrogens is 412 g/mol. The molecule has 0 atom stereocenters. The van der Waals surface area contributed by atoms with E-state index in [1.54, 1.807) is 0 Å². The molecule has 1 heterocycles. The van der Waals surface area contributed by atoms with Crippen molar-refractivity contribution in [1.29, 1.82) is 0 Å². The third-order valence-corrected chi connectivity index (χ3v) is 7.28. The van der Waals surface area contributed by atoms with E-state index < -0.39 is 5.97 Å². The summed E-state index contributed by atoms with van der Waals surface area (Å²) < 4.78 is 7.64. The van der Waals surface area contributed by atoms with Gasteiger partial charge < -0.3 is 9.84 Å². The van der Waals surface area contributed by atoms with Crippen LogP contribution >= 0.6 is 0 Å². The van der Waals surface area contributed by atoms with Gasteiger partial charge in [0.05, 0.1) is 6.61 Å². The fourth-order valence-electron chi connectivity index (χ4n) is 5.47. The van der Waals surface area contributed by atoms with Crippen molar-refractivity contribution in [2.75, 3.05) is 13.2 Å². The fraction of sp³-hybridized carbons (Fsp3) is 0.429. The number of carbonyl (C=O) groups is 1. The van der Waals surface area contributed by atoms with Crippen LogP contribution in [-0.2, 0) is 28.9 Å². The summed E-state index contributed by atoms with van der Waals surface area (Å²) in [5.74, 6) is 0.188. The van der Waals surface area contributed by atoms with Crippen molar-refractivity contribution in [2.45, 2.75) is 52.0 Å². The van der Waals surface area contributed by atoms with Crippen molar-refractivity contribution < 1.29 is 14.6 Å². The molecule has 5 rings (SSSR count). The highest BCUT2D eigenvalue weighted by molar-refractivity contribution is 5.85. The summed E-state index contributed by atoms with van der Waals surface area (Å²) in [6, 6.07) is 17.5. The Kier molecular flexibility index (Phi) is 6.32. The molecule has 0 spiro atoms. The van der Waals surface area contributed by atoms with Gasteiger partial charge >= 0.3 is 5.97 Å². The van der Waals surface area contributed by atoms with Crippen LogP contribution in [0, 0.1) is 18.8 Å². The highest BCUT2D eigenvalue weighted by Crippen LogP contribution is 2.41. The number of ether oxygens (including phenoxy) is 1. The average Bonchev–Trinajstić information content (AvgIpc) is 3.19. The van der Waals surface area contributed by atoms with Crippen molar-refractivity contribution in [3.05, 3.63) is 65.4 Å². The highest BCUT2D eigenvalue weighted by atomic mass is 16.5. The van der Waals surface area contributed by atoms with Gasteiger partial charge in [0.25, 0.3) is 0 Å². The lowest BCUT2D eigenvalue weighted by Crippen LogP contribution is -2.24. The van der Waals surface area contributed by atoms with Crippen LogP contribution in [0.4, 0.5) is 0 Å². The van der Waals surface area contributed by atoms with Crippen molar-refractivity contribution >= 4 is 5.97 Å². The van der Waals surface area contributed by atoms with E-state index >= 15 is 0 Å². The maximum absolute atomic E-state index is 10.7. The zero-order valence-corrected chi connectivity index (χ0v) is 19.3. The lowest BCUT2D eigenvalue weighted by atomic mass is 9.82. The van der Waals surface area contributed by atoms with Gasteiger partial charge in [-0.15, -0.1) is 0 Å². The second kappa shape index (κ2) is 9.52. The Bertz CT molecular complexity index is 1120. The molecule has 0 radical (unpaired) electrons. The standard InChI is InChI=1S/C28H32N2O3/c1-19-6-12-23(13-7-19)28-27-24-5-3-2-4-22(24)14-15-25(27)30(29-28)16-20-8-10-21(11-9-20)17-33-18-26(31)32/h2-7,12-13,20-21H,8-11,14-18H2,1H3,(H,31,32). The lowest BCUT2D eigenvalue weighted by molar-refractivity contribution is -0.142. The first kappa shape index (κ1) is 21.9. The predicted octanol–water partition coefficient (Wildman–Crippen LogP) is 5.53. The van der Waals surface area contributed by atoms with E-state index in [0.29, 0.717) is 18.4 Å². The third-order valence-electron chi connectivity index (χ3n) is 7.28. The fourth-order valence-corrected chi connectivity index (χ4v) is 5.47. The first-order valence-corrected chi connectivity index (χ1v) is 12.1.